The number of nitrogens with one attached hydrogen (secondary N) is 2. The number of aliphatic imine (C=N–C) groups is 1. The fourth-order valence-corrected chi connectivity index (χ4v) is 8.36. The number of carbonyl (C=O) groups is 1. The molecule has 0 bridgehead atoms. The van der Waals surface area contributed by atoms with Crippen molar-refractivity contribution in [2.75, 3.05) is 39.2 Å². The molecule has 49 heavy (non-hydrogen) atoms. The molecule has 1 amide bonds. The van der Waals surface area contributed by atoms with Gasteiger partial charge < -0.3 is 30.4 Å². The second-order valence-corrected chi connectivity index (χ2v) is 14.1. The molecule has 0 aromatic carbocycles. The van der Waals surface area contributed by atoms with Gasteiger partial charge in [0.25, 0.3) is 5.91 Å². The highest BCUT2D eigenvalue weighted by Gasteiger charge is 2.30. The Hall–Kier alpha value is -4.32. The maximum atomic E-state index is 12.5. The maximum Gasteiger partial charge on any atom is 0.267 e. The van der Waals surface area contributed by atoms with Crippen LogP contribution in [0.5, 0.6) is 5.88 Å². The number of allylic oxidation sites excluding steroid dienone is 1. The van der Waals surface area contributed by atoms with E-state index in [4.69, 9.17) is 29.7 Å². The van der Waals surface area contributed by atoms with E-state index >= 15 is 0 Å². The molecule has 3 aliphatic rings. The number of thiophene rings is 1. The van der Waals surface area contributed by atoms with Crippen LogP contribution in [0.2, 0.25) is 0 Å². The van der Waals surface area contributed by atoms with Crippen molar-refractivity contribution in [2.45, 2.75) is 88.8 Å². The van der Waals surface area contributed by atoms with E-state index in [1.807, 2.05) is 7.05 Å². The van der Waals surface area contributed by atoms with E-state index in [9.17, 15) is 10.1 Å². The van der Waals surface area contributed by atoms with Crippen LogP contribution in [-0.2, 0) is 22.4 Å². The Morgan fingerprint density at radius 3 is 2.96 bits per heavy atom. The molecule has 2 aliphatic heterocycles. The number of rotatable bonds is 13. The molecule has 4 N–H and O–H groups in total. The second-order valence-electron chi connectivity index (χ2n) is 13.0. The van der Waals surface area contributed by atoms with Crippen LogP contribution >= 0.6 is 11.3 Å². The number of hydrogen-bond donors (Lipinski definition) is 3. The quantitative estimate of drug-likeness (QED) is 0.165. The fourth-order valence-electron chi connectivity index (χ4n) is 7.13. The average molecular weight is 688 g/mol. The van der Waals surface area contributed by atoms with Gasteiger partial charge in [-0.3, -0.25) is 9.69 Å². The zero-order chi connectivity index (χ0) is 34.3. The number of nitrogens with zero attached hydrogens (tertiary/aromatic N) is 6. The predicted octanol–water partition coefficient (Wildman–Crippen LogP) is 4.86. The Bertz CT molecular complexity index is 1720. The summed E-state index contributed by atoms with van der Waals surface area (Å²) < 4.78 is 17.2. The molecule has 5 heterocycles. The van der Waals surface area contributed by atoms with E-state index in [0.717, 1.165) is 74.0 Å². The van der Waals surface area contributed by atoms with Crippen molar-refractivity contribution in [3.05, 3.63) is 45.7 Å². The number of nitriles is 1. The molecule has 6 rings (SSSR count). The molecule has 3 unspecified atom stereocenters. The van der Waals surface area contributed by atoms with Crippen molar-refractivity contribution in [3.8, 4) is 23.5 Å². The molecular weight excluding hydrogens is 643 g/mol. The molecule has 13 nitrogen and oxygen atoms in total. The van der Waals surface area contributed by atoms with E-state index in [1.165, 1.54) is 22.7 Å². The molecule has 2 fully saturated rings. The Labute approximate surface area is 291 Å². The third-order valence-corrected chi connectivity index (χ3v) is 11.0. The Kier molecular flexibility index (Phi) is 11.2. The smallest absolute Gasteiger partial charge is 0.267 e. The summed E-state index contributed by atoms with van der Waals surface area (Å²) in [6, 6.07) is 4.35. The van der Waals surface area contributed by atoms with Gasteiger partial charge >= 0.3 is 0 Å². The lowest BCUT2D eigenvalue weighted by atomic mass is 9.82. The van der Waals surface area contributed by atoms with Crippen LogP contribution in [0.3, 0.4) is 0 Å². The molecule has 2 saturated heterocycles. The number of carbonyl (C=O) groups excluding carboxylic acids is 1. The highest BCUT2D eigenvalue weighted by molar-refractivity contribution is 7.16. The van der Waals surface area contributed by atoms with Gasteiger partial charge in [0.1, 0.15) is 23.4 Å². The molecule has 0 saturated carbocycles. The topological polar surface area (TPSA) is 177 Å². The van der Waals surface area contributed by atoms with Gasteiger partial charge in [0.05, 0.1) is 23.9 Å². The normalized spacial score (nSPS) is 21.8. The van der Waals surface area contributed by atoms with Crippen molar-refractivity contribution in [3.63, 3.8) is 0 Å². The fraction of sp³-hybridized carbons (Fsp3) is 0.543. The molecule has 14 heteroatoms. The van der Waals surface area contributed by atoms with Gasteiger partial charge in [0.2, 0.25) is 5.88 Å². The first-order valence-electron chi connectivity index (χ1n) is 17.2. The highest BCUT2D eigenvalue weighted by atomic mass is 32.1. The van der Waals surface area contributed by atoms with E-state index in [2.05, 4.69) is 45.7 Å². The first-order valence-corrected chi connectivity index (χ1v) is 18.0. The number of aromatic nitrogens is 3. The lowest BCUT2D eigenvalue weighted by Gasteiger charge is -2.26. The summed E-state index contributed by atoms with van der Waals surface area (Å²) >= 11 is 1.71. The van der Waals surface area contributed by atoms with Gasteiger partial charge in [0.15, 0.2) is 17.3 Å². The zero-order valence-corrected chi connectivity index (χ0v) is 29.2. The van der Waals surface area contributed by atoms with Crippen LogP contribution < -0.4 is 21.1 Å². The maximum absolute atomic E-state index is 12.5. The standard InChI is InChI=1S/C35H45N9O4S/c1-21(27-10-6-15-44(27)3)48-30-17-29(39-14-12-26(37)34(45)40-24-13-16-46-20-24)41-33(42-30)32-23(19-47-43-32)9-4-7-22-8-5-11-28-31(22)25(18-36)35(38-2)49-28/h12,14,17,19,21-22,24,27,38H,4-11,13,15-16,20,37H2,1-3H3,(H,40,45)/b26-12-,39-14+/t21-,22?,24?,27?/m0/s1. The van der Waals surface area contributed by atoms with Crippen molar-refractivity contribution in [1.29, 1.82) is 5.26 Å². The number of fused-ring (bicyclic) bond motifs is 1. The lowest BCUT2D eigenvalue weighted by molar-refractivity contribution is -0.118. The summed E-state index contributed by atoms with van der Waals surface area (Å²) in [5.74, 6) is 1.04. The molecule has 1 aliphatic carbocycles. The zero-order valence-electron chi connectivity index (χ0n) is 28.4. The number of aryl methyl sites for hydroxylation is 2. The average Bonchev–Trinajstić information content (AvgIpc) is 3.92. The summed E-state index contributed by atoms with van der Waals surface area (Å²) in [6.45, 7) is 4.19. The summed E-state index contributed by atoms with van der Waals surface area (Å²) in [5, 5.41) is 21.3. The number of likely N-dealkylation sites (tertiary alicyclic amines) is 1. The molecular formula is C35H45N9O4S. The first kappa shape index (κ1) is 34.5. The second kappa shape index (κ2) is 15.9. The molecule has 4 atom stereocenters. The summed E-state index contributed by atoms with van der Waals surface area (Å²) in [4.78, 5) is 30.1. The number of anilines is 1. The SMILES string of the molecule is CNc1sc2c(c1C#N)C(CCCc1conc1-c1nc(/N=C/C=C(\N)C(=O)NC3CCOC3)cc(O[C@@H](C)C3CCCN3C)n1)CCC2. The molecule has 0 spiro atoms. The Morgan fingerprint density at radius 1 is 1.33 bits per heavy atom. The van der Waals surface area contributed by atoms with Gasteiger partial charge in [-0.2, -0.15) is 10.2 Å². The summed E-state index contributed by atoms with van der Waals surface area (Å²) in [7, 11) is 3.99. The van der Waals surface area contributed by atoms with E-state index in [1.54, 1.807) is 23.7 Å². The minimum Gasteiger partial charge on any atom is -0.473 e. The molecule has 0 radical (unpaired) electrons. The third-order valence-electron chi connectivity index (χ3n) is 9.68. The van der Waals surface area contributed by atoms with Gasteiger partial charge in [-0.25, -0.2) is 9.98 Å². The minimum absolute atomic E-state index is 0.0368. The molecule has 3 aromatic heterocycles. The van der Waals surface area contributed by atoms with Crippen molar-refractivity contribution in [1.82, 2.24) is 25.3 Å². The number of likely N-dealkylation sites (N-methyl/N-ethyl adjacent to an activating group) is 1. The van der Waals surface area contributed by atoms with Gasteiger partial charge in [-0.15, -0.1) is 11.3 Å². The highest BCUT2D eigenvalue weighted by Crippen LogP contribution is 2.45. The van der Waals surface area contributed by atoms with Crippen LogP contribution in [0.15, 0.2) is 33.6 Å². The summed E-state index contributed by atoms with van der Waals surface area (Å²) in [5.41, 5.74) is 9.53. The monoisotopic (exact) mass is 687 g/mol. The first-order chi connectivity index (χ1) is 23.8. The third kappa shape index (κ3) is 8.12. The van der Waals surface area contributed by atoms with Gasteiger partial charge in [-0.1, -0.05) is 5.16 Å². The van der Waals surface area contributed by atoms with Crippen LogP contribution in [0, 0.1) is 11.3 Å². The number of nitrogens with two attached hydrogens (primary N) is 1. The summed E-state index contributed by atoms with van der Waals surface area (Å²) in [6.07, 6.45) is 13.2. The number of ether oxygens (including phenoxy) is 2. The van der Waals surface area contributed by atoms with Gasteiger partial charge in [0, 0.05) is 42.4 Å². The van der Waals surface area contributed by atoms with Crippen molar-refractivity contribution >= 4 is 34.3 Å². The number of amides is 1. The van der Waals surface area contributed by atoms with Crippen molar-refractivity contribution in [2.24, 2.45) is 10.7 Å². The van der Waals surface area contributed by atoms with Crippen LogP contribution in [0.1, 0.15) is 79.4 Å². The predicted molar refractivity (Wildman–Crippen MR) is 188 cm³/mol. The minimum atomic E-state index is -0.370. The van der Waals surface area contributed by atoms with E-state index in [-0.39, 0.29) is 29.8 Å². The van der Waals surface area contributed by atoms with Crippen LogP contribution in [0.25, 0.3) is 11.5 Å². The van der Waals surface area contributed by atoms with E-state index in [0.29, 0.717) is 48.8 Å². The lowest BCUT2D eigenvalue weighted by Crippen LogP contribution is -2.38. The van der Waals surface area contributed by atoms with Crippen molar-refractivity contribution < 1.29 is 18.8 Å². The van der Waals surface area contributed by atoms with E-state index < -0.39 is 0 Å². The Morgan fingerprint density at radius 2 is 2.20 bits per heavy atom. The largest absolute Gasteiger partial charge is 0.473 e. The van der Waals surface area contributed by atoms with Crippen LogP contribution in [-0.4, -0.2) is 84.2 Å². The van der Waals surface area contributed by atoms with Crippen LogP contribution in [0.4, 0.5) is 10.8 Å². The number of hydrogen-bond acceptors (Lipinski definition) is 13. The van der Waals surface area contributed by atoms with Gasteiger partial charge in [-0.05, 0) is 95.9 Å². The Balaban J connectivity index is 1.20. The molecule has 3 aromatic rings. The molecule has 260 valence electrons.